The molecule has 3 N–H and O–H groups in total. The van der Waals surface area contributed by atoms with Crippen molar-refractivity contribution in [1.82, 2.24) is 9.88 Å². The van der Waals surface area contributed by atoms with Gasteiger partial charge in [0.2, 0.25) is 0 Å². The number of Topliss-reactive ketones (excluding diaryl/α,β-unsaturated/α-hetero) is 1. The van der Waals surface area contributed by atoms with Crippen LogP contribution in [0.1, 0.15) is 41.9 Å². The quantitative estimate of drug-likeness (QED) is 0.274. The largest absolute Gasteiger partial charge is 0.362 e. The smallest absolute Gasteiger partial charge is 0.337 e. The number of aromatic nitrogens is 2. The maximum atomic E-state index is 14.1. The van der Waals surface area contributed by atoms with E-state index in [1.807, 2.05) is 56.4 Å². The van der Waals surface area contributed by atoms with Crippen molar-refractivity contribution < 1.29 is 14.6 Å². The van der Waals surface area contributed by atoms with Gasteiger partial charge in [-0.25, -0.2) is 15.1 Å². The van der Waals surface area contributed by atoms with E-state index in [1.165, 1.54) is 0 Å². The summed E-state index contributed by atoms with van der Waals surface area (Å²) < 4.78 is 2.20. The summed E-state index contributed by atoms with van der Waals surface area (Å²) in [5.74, 6) is -0.398. The molecule has 6 heteroatoms. The fraction of sp³-hybridized carbons (Fsp3) is 0.194. The molecular weight excluding hydrogens is 520 g/mol. The maximum absolute atomic E-state index is 14.1. The van der Waals surface area contributed by atoms with Crippen LogP contribution in [0.15, 0.2) is 114 Å². The normalized spacial score (nSPS) is 20.3. The SMILES string of the molecule is CC1=C(C(=O)Nc2cc(C)cc[nH+]2)C(c2ccc3c(c2)c2ccccc2n3C)C2C(=O)CC(c3ccccc3)C=C2N1. The molecule has 6 nitrogen and oxygen atoms in total. The van der Waals surface area contributed by atoms with Gasteiger partial charge in [-0.1, -0.05) is 60.7 Å². The molecule has 2 aromatic heterocycles. The molecule has 3 heterocycles. The lowest BCUT2D eigenvalue weighted by molar-refractivity contribution is -0.360. The molecule has 1 aliphatic heterocycles. The second-order valence-corrected chi connectivity index (χ2v) is 11.5. The number of hydrogen-bond donors (Lipinski definition) is 2. The first kappa shape index (κ1) is 26.0. The molecule has 0 bridgehead atoms. The van der Waals surface area contributed by atoms with Crippen LogP contribution in [0.2, 0.25) is 0 Å². The first-order valence-corrected chi connectivity index (χ1v) is 14.4. The molecule has 0 radical (unpaired) electrons. The third kappa shape index (κ3) is 4.31. The number of aryl methyl sites for hydroxylation is 2. The molecule has 3 aromatic carbocycles. The summed E-state index contributed by atoms with van der Waals surface area (Å²) in [6.07, 6.45) is 4.40. The number of nitrogens with one attached hydrogen (secondary N) is 3. The van der Waals surface area contributed by atoms with E-state index in [9.17, 15) is 9.59 Å². The number of pyridine rings is 1. The van der Waals surface area contributed by atoms with Crippen LogP contribution in [0.3, 0.4) is 0 Å². The summed E-state index contributed by atoms with van der Waals surface area (Å²) in [6.45, 7) is 3.92. The van der Waals surface area contributed by atoms with Gasteiger partial charge < -0.3 is 9.88 Å². The molecule has 42 heavy (non-hydrogen) atoms. The number of amides is 1. The van der Waals surface area contributed by atoms with Crippen LogP contribution in [0.5, 0.6) is 0 Å². The molecule has 0 saturated heterocycles. The molecule has 2 aliphatic rings. The van der Waals surface area contributed by atoms with Crippen molar-refractivity contribution in [3.05, 3.63) is 131 Å². The highest BCUT2D eigenvalue weighted by molar-refractivity contribution is 6.09. The van der Waals surface area contributed by atoms with Crippen molar-refractivity contribution in [2.24, 2.45) is 13.0 Å². The van der Waals surface area contributed by atoms with Crippen LogP contribution >= 0.6 is 0 Å². The van der Waals surface area contributed by atoms with E-state index in [2.05, 4.69) is 81.8 Å². The Balaban J connectivity index is 1.39. The van der Waals surface area contributed by atoms with Gasteiger partial charge in [-0.05, 0) is 54.8 Å². The molecule has 5 aromatic rings. The van der Waals surface area contributed by atoms with Crippen molar-refractivity contribution in [3.63, 3.8) is 0 Å². The van der Waals surface area contributed by atoms with Crippen molar-refractivity contribution in [1.29, 1.82) is 0 Å². The van der Waals surface area contributed by atoms with E-state index in [0.717, 1.165) is 49.9 Å². The van der Waals surface area contributed by atoms with Crippen LogP contribution in [-0.2, 0) is 16.6 Å². The number of rotatable bonds is 4. The Labute approximate surface area is 244 Å². The van der Waals surface area contributed by atoms with Crippen molar-refractivity contribution in [2.75, 3.05) is 5.32 Å². The van der Waals surface area contributed by atoms with Crippen LogP contribution in [-0.4, -0.2) is 16.3 Å². The van der Waals surface area contributed by atoms with Crippen LogP contribution < -0.4 is 15.6 Å². The number of allylic oxidation sites excluding steroid dienone is 3. The Morgan fingerprint density at radius 1 is 0.881 bits per heavy atom. The van der Waals surface area contributed by atoms with Gasteiger partial charge in [0.1, 0.15) is 5.78 Å². The minimum atomic E-state index is -0.483. The van der Waals surface area contributed by atoms with Crippen LogP contribution in [0, 0.1) is 12.8 Å². The highest BCUT2D eigenvalue weighted by atomic mass is 16.2. The van der Waals surface area contributed by atoms with E-state index in [4.69, 9.17) is 0 Å². The standard InChI is InChI=1S/C36H32N4O2/c1-21-15-16-37-32(17-21)39-36(42)33-22(2)38-28-19-25(23-9-5-4-6-10-23)20-31(41)35(28)34(33)24-13-14-30-27(18-24)26-11-7-8-12-29(26)40(30)3/h4-19,25,34-35,38H,20H2,1-3H3,(H,37,39,42)/p+1. The van der Waals surface area contributed by atoms with Gasteiger partial charge in [0.05, 0.1) is 17.7 Å². The first-order valence-electron chi connectivity index (χ1n) is 14.4. The monoisotopic (exact) mass is 553 g/mol. The van der Waals surface area contributed by atoms with E-state index >= 15 is 0 Å². The lowest BCUT2D eigenvalue weighted by Crippen LogP contribution is -2.42. The number of benzene rings is 3. The highest BCUT2D eigenvalue weighted by Crippen LogP contribution is 2.47. The molecule has 0 spiro atoms. The third-order valence-electron chi connectivity index (χ3n) is 8.84. The lowest BCUT2D eigenvalue weighted by Gasteiger charge is -2.39. The molecule has 0 saturated carbocycles. The number of aromatic amines is 1. The Kier molecular flexibility index (Phi) is 6.27. The number of carbonyl (C=O) groups excluding carboxylic acids is 2. The molecule has 7 rings (SSSR count). The number of hydrogen-bond acceptors (Lipinski definition) is 3. The fourth-order valence-corrected chi connectivity index (χ4v) is 6.87. The Hall–Kier alpha value is -4.97. The second kappa shape index (κ2) is 10.1. The van der Waals surface area contributed by atoms with E-state index in [1.54, 1.807) is 0 Å². The maximum Gasteiger partial charge on any atom is 0.337 e. The molecular formula is C36H33N4O2+. The van der Waals surface area contributed by atoms with Gasteiger partial charge in [-0.2, -0.15) is 0 Å². The predicted octanol–water partition coefficient (Wildman–Crippen LogP) is 6.31. The molecule has 1 aliphatic carbocycles. The van der Waals surface area contributed by atoms with Gasteiger partial charge in [-0.3, -0.25) is 4.79 Å². The summed E-state index contributed by atoms with van der Waals surface area (Å²) in [5.41, 5.74) is 7.59. The van der Waals surface area contributed by atoms with Gasteiger partial charge >= 0.3 is 5.91 Å². The summed E-state index contributed by atoms with van der Waals surface area (Å²) in [4.78, 5) is 31.3. The zero-order valence-corrected chi connectivity index (χ0v) is 23.9. The van der Waals surface area contributed by atoms with E-state index in [0.29, 0.717) is 17.8 Å². The number of para-hydroxylation sites is 1. The summed E-state index contributed by atoms with van der Waals surface area (Å²) >= 11 is 0. The minimum absolute atomic E-state index is 0.0104. The molecule has 3 atom stereocenters. The van der Waals surface area contributed by atoms with Gasteiger partial charge in [-0.15, -0.1) is 0 Å². The first-order chi connectivity index (χ1) is 20.4. The topological polar surface area (TPSA) is 77.3 Å². The minimum Gasteiger partial charge on any atom is -0.362 e. The number of anilines is 1. The molecule has 3 unspecified atom stereocenters. The lowest BCUT2D eigenvalue weighted by atomic mass is 9.68. The van der Waals surface area contributed by atoms with E-state index < -0.39 is 11.8 Å². The van der Waals surface area contributed by atoms with Crippen LogP contribution in [0.4, 0.5) is 5.82 Å². The summed E-state index contributed by atoms with van der Waals surface area (Å²) in [7, 11) is 2.07. The number of fused-ring (bicyclic) bond motifs is 4. The summed E-state index contributed by atoms with van der Waals surface area (Å²) in [5, 5.41) is 8.83. The zero-order valence-electron chi connectivity index (χ0n) is 23.9. The van der Waals surface area contributed by atoms with Crippen molar-refractivity contribution in [2.45, 2.75) is 32.1 Å². The Bertz CT molecular complexity index is 1950. The second-order valence-electron chi connectivity index (χ2n) is 11.5. The summed E-state index contributed by atoms with van der Waals surface area (Å²) in [6, 6.07) is 28.8. The number of nitrogens with zero attached hydrogens (tertiary/aromatic N) is 1. The number of H-pyrrole nitrogens is 1. The van der Waals surface area contributed by atoms with E-state index in [-0.39, 0.29) is 17.6 Å². The fourth-order valence-electron chi connectivity index (χ4n) is 6.87. The van der Waals surface area contributed by atoms with Crippen molar-refractivity contribution >= 4 is 39.3 Å². The van der Waals surface area contributed by atoms with Gasteiger partial charge in [0.25, 0.3) is 5.82 Å². The van der Waals surface area contributed by atoms with Gasteiger partial charge in [0, 0.05) is 64.6 Å². The molecule has 1 amide bonds. The Morgan fingerprint density at radius 2 is 1.64 bits per heavy atom. The predicted molar refractivity (Wildman–Crippen MR) is 166 cm³/mol. The number of carbonyl (C=O) groups is 2. The third-order valence-corrected chi connectivity index (χ3v) is 8.84. The Morgan fingerprint density at radius 3 is 2.45 bits per heavy atom. The average molecular weight is 554 g/mol. The zero-order chi connectivity index (χ0) is 29.0. The van der Waals surface area contributed by atoms with Crippen LogP contribution in [0.25, 0.3) is 21.8 Å². The highest BCUT2D eigenvalue weighted by Gasteiger charge is 2.45. The number of ketones is 1. The molecule has 0 fully saturated rings. The van der Waals surface area contributed by atoms with Gasteiger partial charge in [0.15, 0.2) is 0 Å². The van der Waals surface area contributed by atoms with Crippen molar-refractivity contribution in [3.8, 4) is 0 Å². The molecule has 208 valence electrons. The average Bonchev–Trinajstić information content (AvgIpc) is 3.28.